The summed E-state index contributed by atoms with van der Waals surface area (Å²) in [5.74, 6) is 1.14. The molecule has 3 N–H and O–H groups in total. The highest BCUT2D eigenvalue weighted by Crippen LogP contribution is 2.39. The van der Waals surface area contributed by atoms with E-state index in [2.05, 4.69) is 47.3 Å². The first-order valence-corrected chi connectivity index (χ1v) is 11.0. The minimum absolute atomic E-state index is 0.151. The molecule has 10 heteroatoms. The van der Waals surface area contributed by atoms with Gasteiger partial charge in [-0.05, 0) is 74.3 Å². The van der Waals surface area contributed by atoms with Crippen molar-refractivity contribution in [3.05, 3.63) is 102 Å². The summed E-state index contributed by atoms with van der Waals surface area (Å²) in [7, 11) is 0. The van der Waals surface area contributed by atoms with E-state index in [1.54, 1.807) is 30.3 Å². The molecule has 3 aromatic carbocycles. The summed E-state index contributed by atoms with van der Waals surface area (Å²) in [5.41, 5.74) is 0.800. The first kappa shape index (κ1) is 21.8. The van der Waals surface area contributed by atoms with Crippen molar-refractivity contribution >= 4 is 37.5 Å². The van der Waals surface area contributed by atoms with Crippen LogP contribution in [0.15, 0.2) is 85.4 Å². The van der Waals surface area contributed by atoms with E-state index in [1.807, 2.05) is 30.3 Å². The Hall–Kier alpha value is -3.37. The highest BCUT2D eigenvalue weighted by molar-refractivity contribution is 9.11. The fourth-order valence-electron chi connectivity index (χ4n) is 2.94. The van der Waals surface area contributed by atoms with Crippen LogP contribution < -0.4 is 21.3 Å². The zero-order valence-corrected chi connectivity index (χ0v) is 19.6. The maximum atomic E-state index is 12.0. The molecule has 8 nitrogen and oxygen atoms in total. The number of nitrogens with one attached hydrogen (secondary N) is 2. The van der Waals surface area contributed by atoms with Gasteiger partial charge in [0.05, 0.1) is 14.6 Å². The van der Waals surface area contributed by atoms with Crippen molar-refractivity contribution in [3.8, 4) is 22.9 Å². The van der Waals surface area contributed by atoms with Crippen LogP contribution in [0, 0.1) is 0 Å². The number of phenolic OH excluding ortho intramolecular Hbond substituents is 1. The van der Waals surface area contributed by atoms with Crippen molar-refractivity contribution in [3.63, 3.8) is 0 Å². The number of ether oxygens (including phenoxy) is 1. The zero-order chi connectivity index (χ0) is 22.7. The van der Waals surface area contributed by atoms with E-state index in [0.29, 0.717) is 38.2 Å². The molecule has 4 aromatic rings. The second-order valence-corrected chi connectivity index (χ2v) is 8.41. The third-order valence-electron chi connectivity index (χ3n) is 4.47. The van der Waals surface area contributed by atoms with Gasteiger partial charge in [-0.3, -0.25) is 9.78 Å². The summed E-state index contributed by atoms with van der Waals surface area (Å²) in [5, 5.41) is 17.3. The number of rotatable bonds is 6. The molecule has 0 aliphatic rings. The van der Waals surface area contributed by atoms with Gasteiger partial charge in [-0.15, -0.1) is 0 Å². The number of aromatic hydroxyl groups is 1. The van der Waals surface area contributed by atoms with Gasteiger partial charge in [0.1, 0.15) is 17.7 Å². The van der Waals surface area contributed by atoms with Crippen LogP contribution in [0.2, 0.25) is 0 Å². The Kier molecular flexibility index (Phi) is 6.42. The molecular weight excluding hydrogens is 544 g/mol. The molecule has 0 aliphatic carbocycles. The Morgan fingerprint density at radius 1 is 1.03 bits per heavy atom. The average Bonchev–Trinajstić information content (AvgIpc) is 2.77. The maximum absolute atomic E-state index is 12.0. The van der Waals surface area contributed by atoms with Gasteiger partial charge >= 0.3 is 5.69 Å². The zero-order valence-electron chi connectivity index (χ0n) is 16.4. The third-order valence-corrected chi connectivity index (χ3v) is 5.65. The largest absolute Gasteiger partial charge is 0.508 e. The van der Waals surface area contributed by atoms with Gasteiger partial charge in [-0.1, -0.05) is 18.2 Å². The number of aromatic amines is 1. The van der Waals surface area contributed by atoms with Crippen LogP contribution in [0.3, 0.4) is 0 Å². The number of H-pyrrole nitrogens is 1. The minimum Gasteiger partial charge on any atom is -0.508 e. The summed E-state index contributed by atoms with van der Waals surface area (Å²) in [6.07, 6.45) is 1.02. The molecule has 0 saturated heterocycles. The lowest BCUT2D eigenvalue weighted by Gasteiger charge is -2.14. The molecule has 0 fully saturated rings. The normalized spacial score (nSPS) is 10.7. The SMILES string of the molecule is O=c1cnn(-c2cc(Br)c(Oc3ccc(O)c(CNc4ccccc4)c3)c(Br)c2)c(=O)[nH]1. The summed E-state index contributed by atoms with van der Waals surface area (Å²) in [4.78, 5) is 25.4. The number of phenols is 1. The second-order valence-electron chi connectivity index (χ2n) is 6.70. The molecule has 0 aliphatic heterocycles. The molecule has 4 rings (SSSR count). The van der Waals surface area contributed by atoms with Crippen LogP contribution in [0.4, 0.5) is 5.69 Å². The van der Waals surface area contributed by atoms with E-state index in [4.69, 9.17) is 4.74 Å². The van der Waals surface area contributed by atoms with Crippen LogP contribution >= 0.6 is 31.9 Å². The van der Waals surface area contributed by atoms with Gasteiger partial charge in [-0.25, -0.2) is 4.79 Å². The van der Waals surface area contributed by atoms with E-state index in [1.165, 1.54) is 0 Å². The number of hydrogen-bond acceptors (Lipinski definition) is 6. The Balaban J connectivity index is 1.58. The van der Waals surface area contributed by atoms with Gasteiger partial charge in [-0.2, -0.15) is 9.78 Å². The first-order valence-electron chi connectivity index (χ1n) is 9.37. The molecule has 0 amide bonds. The van der Waals surface area contributed by atoms with E-state index >= 15 is 0 Å². The van der Waals surface area contributed by atoms with Gasteiger partial charge in [0.25, 0.3) is 5.56 Å². The Morgan fingerprint density at radius 3 is 2.44 bits per heavy atom. The summed E-state index contributed by atoms with van der Waals surface area (Å²) < 4.78 is 8.20. The van der Waals surface area contributed by atoms with Gasteiger partial charge in [0, 0.05) is 17.8 Å². The van der Waals surface area contributed by atoms with Gasteiger partial charge in [0.15, 0.2) is 5.75 Å². The Morgan fingerprint density at radius 2 is 1.75 bits per heavy atom. The molecule has 0 spiro atoms. The summed E-state index contributed by atoms with van der Waals surface area (Å²) in [6, 6.07) is 17.9. The highest BCUT2D eigenvalue weighted by Gasteiger charge is 2.14. The third kappa shape index (κ3) is 4.92. The summed E-state index contributed by atoms with van der Waals surface area (Å²) >= 11 is 6.91. The number of hydrogen-bond donors (Lipinski definition) is 3. The Bertz CT molecular complexity index is 1360. The molecule has 0 atom stereocenters. The smallest absolute Gasteiger partial charge is 0.349 e. The lowest BCUT2D eigenvalue weighted by Crippen LogP contribution is -2.30. The Labute approximate surface area is 198 Å². The molecule has 0 radical (unpaired) electrons. The van der Waals surface area contributed by atoms with Crippen LogP contribution in [0.25, 0.3) is 5.69 Å². The number of para-hydroxylation sites is 1. The quantitative estimate of drug-likeness (QED) is 0.319. The first-order chi connectivity index (χ1) is 15.4. The fraction of sp³-hybridized carbons (Fsp3) is 0.0455. The minimum atomic E-state index is -0.654. The maximum Gasteiger partial charge on any atom is 0.349 e. The van der Waals surface area contributed by atoms with Crippen molar-refractivity contribution in [2.75, 3.05) is 5.32 Å². The number of nitrogens with zero attached hydrogens (tertiary/aromatic N) is 2. The molecule has 162 valence electrons. The number of aromatic nitrogens is 3. The molecule has 0 saturated carbocycles. The van der Waals surface area contributed by atoms with Crippen molar-refractivity contribution < 1.29 is 9.84 Å². The molecule has 1 heterocycles. The molecule has 0 bridgehead atoms. The molecular formula is C22H16Br2N4O4. The standard InChI is InChI=1S/C22H16Br2N4O4/c23-17-9-15(28-22(31)27-20(30)12-26-28)10-18(24)21(17)32-16-6-7-19(29)13(8-16)11-25-14-4-2-1-3-5-14/h1-10,12,25,29H,11H2,(H,27,30,31). The van der Waals surface area contributed by atoms with Gasteiger partial charge < -0.3 is 15.2 Å². The monoisotopic (exact) mass is 558 g/mol. The summed E-state index contributed by atoms with van der Waals surface area (Å²) in [6.45, 7) is 0.412. The molecule has 32 heavy (non-hydrogen) atoms. The van der Waals surface area contributed by atoms with Crippen molar-refractivity contribution in [1.82, 2.24) is 14.8 Å². The van der Waals surface area contributed by atoms with Crippen LogP contribution in [-0.4, -0.2) is 19.9 Å². The topological polar surface area (TPSA) is 109 Å². The van der Waals surface area contributed by atoms with Crippen molar-refractivity contribution in [1.29, 1.82) is 0 Å². The van der Waals surface area contributed by atoms with Crippen molar-refractivity contribution in [2.45, 2.75) is 6.54 Å². The predicted molar refractivity (Wildman–Crippen MR) is 128 cm³/mol. The van der Waals surface area contributed by atoms with Crippen LogP contribution in [0.5, 0.6) is 17.2 Å². The van der Waals surface area contributed by atoms with E-state index in [-0.39, 0.29) is 5.75 Å². The lowest BCUT2D eigenvalue weighted by molar-refractivity contribution is 0.456. The lowest BCUT2D eigenvalue weighted by atomic mass is 10.2. The fourth-order valence-corrected chi connectivity index (χ4v) is 4.27. The number of halogens is 2. The van der Waals surface area contributed by atoms with Crippen molar-refractivity contribution in [2.24, 2.45) is 0 Å². The molecule has 0 unspecified atom stereocenters. The second kappa shape index (κ2) is 9.41. The van der Waals surface area contributed by atoms with E-state index in [0.717, 1.165) is 16.6 Å². The average molecular weight is 560 g/mol. The van der Waals surface area contributed by atoms with Crippen LogP contribution in [-0.2, 0) is 6.54 Å². The van der Waals surface area contributed by atoms with E-state index in [9.17, 15) is 14.7 Å². The number of benzene rings is 3. The highest BCUT2D eigenvalue weighted by atomic mass is 79.9. The van der Waals surface area contributed by atoms with Gasteiger partial charge in [0.2, 0.25) is 0 Å². The number of anilines is 1. The molecule has 1 aromatic heterocycles. The van der Waals surface area contributed by atoms with E-state index < -0.39 is 11.2 Å². The van der Waals surface area contributed by atoms with Crippen LogP contribution in [0.1, 0.15) is 5.56 Å². The predicted octanol–water partition coefficient (Wildman–Crippen LogP) is 4.56.